The van der Waals surface area contributed by atoms with E-state index in [1.54, 1.807) is 23.3 Å². The zero-order valence-corrected chi connectivity index (χ0v) is 15.2. The predicted molar refractivity (Wildman–Crippen MR) is 105 cm³/mol. The molecule has 3 N–H and O–H groups in total. The predicted octanol–water partition coefficient (Wildman–Crippen LogP) is 1.66. The fourth-order valence-corrected chi connectivity index (χ4v) is 3.19. The lowest BCUT2D eigenvalue weighted by Gasteiger charge is -2.18. The lowest BCUT2D eigenvalue weighted by Crippen LogP contribution is -2.25. The van der Waals surface area contributed by atoms with Crippen LogP contribution in [0.2, 0.25) is 0 Å². The van der Waals surface area contributed by atoms with E-state index in [0.717, 1.165) is 11.3 Å². The van der Waals surface area contributed by atoms with E-state index in [0.29, 0.717) is 35.1 Å². The Kier molecular flexibility index (Phi) is 4.10. The van der Waals surface area contributed by atoms with Gasteiger partial charge in [-0.3, -0.25) is 9.48 Å². The number of hydrogen-bond donors (Lipinski definition) is 3. The maximum Gasteiger partial charge on any atom is 0.262 e. The molecule has 5 rings (SSSR count). The highest BCUT2D eigenvalue weighted by Crippen LogP contribution is 2.33. The number of carbonyl (C=O) groups excluding carboxylic acids is 1. The van der Waals surface area contributed by atoms with Crippen molar-refractivity contribution in [2.45, 2.75) is 6.54 Å². The van der Waals surface area contributed by atoms with Gasteiger partial charge in [0.15, 0.2) is 18.1 Å². The maximum atomic E-state index is 11.6. The number of ether oxygens (including phenoxy) is 1. The second kappa shape index (κ2) is 6.91. The maximum absolute atomic E-state index is 11.6. The summed E-state index contributed by atoms with van der Waals surface area (Å²) in [5.74, 6) is 1.01. The SMILES string of the molecule is O=C1COc2ccc(-c3cn4ccnc4c(Nc4cnn(CCO)c4)n3)cc2N1. The standard InChI is InChI=1S/C19H17N7O3/c27-6-5-26-9-13(8-21-26)22-18-19-20-3-4-25(19)10-15(24-18)12-1-2-16-14(7-12)23-17(28)11-29-16/h1-4,7-10,27H,5-6,11H2,(H,22,24)(H,23,28). The summed E-state index contributed by atoms with van der Waals surface area (Å²) < 4.78 is 8.93. The molecule has 1 aromatic carbocycles. The number of aliphatic hydroxyl groups excluding tert-OH is 1. The molecule has 1 amide bonds. The summed E-state index contributed by atoms with van der Waals surface area (Å²) in [4.78, 5) is 20.7. The highest BCUT2D eigenvalue weighted by molar-refractivity contribution is 5.96. The molecular formula is C19H17N7O3. The van der Waals surface area contributed by atoms with Gasteiger partial charge in [-0.1, -0.05) is 0 Å². The topological polar surface area (TPSA) is 119 Å². The van der Waals surface area contributed by atoms with E-state index in [-0.39, 0.29) is 19.1 Å². The fourth-order valence-electron chi connectivity index (χ4n) is 3.19. The smallest absolute Gasteiger partial charge is 0.262 e. The number of carbonyl (C=O) groups is 1. The molecule has 4 heterocycles. The van der Waals surface area contributed by atoms with Crippen molar-refractivity contribution in [3.8, 4) is 17.0 Å². The fraction of sp³-hybridized carbons (Fsp3) is 0.158. The van der Waals surface area contributed by atoms with Crippen molar-refractivity contribution < 1.29 is 14.6 Å². The summed E-state index contributed by atoms with van der Waals surface area (Å²) in [6, 6.07) is 5.54. The highest BCUT2D eigenvalue weighted by atomic mass is 16.5. The third-order valence-corrected chi connectivity index (χ3v) is 4.51. The quantitative estimate of drug-likeness (QED) is 0.473. The first-order valence-corrected chi connectivity index (χ1v) is 9.01. The molecular weight excluding hydrogens is 374 g/mol. The van der Waals surface area contributed by atoms with Crippen LogP contribution in [-0.4, -0.2) is 48.4 Å². The van der Waals surface area contributed by atoms with Crippen molar-refractivity contribution >= 4 is 28.7 Å². The van der Waals surface area contributed by atoms with Crippen molar-refractivity contribution in [2.24, 2.45) is 0 Å². The second-order valence-electron chi connectivity index (χ2n) is 6.52. The Morgan fingerprint density at radius 3 is 3.14 bits per heavy atom. The molecule has 0 aliphatic carbocycles. The van der Waals surface area contributed by atoms with Crippen LogP contribution in [0.4, 0.5) is 17.2 Å². The van der Waals surface area contributed by atoms with Crippen molar-refractivity contribution in [3.63, 3.8) is 0 Å². The number of aromatic nitrogens is 5. The van der Waals surface area contributed by atoms with Gasteiger partial charge in [-0.2, -0.15) is 5.10 Å². The summed E-state index contributed by atoms with van der Waals surface area (Å²) in [5, 5.41) is 19.3. The Hall–Kier alpha value is -3.92. The number of amides is 1. The molecule has 0 atom stereocenters. The Morgan fingerprint density at radius 1 is 1.31 bits per heavy atom. The van der Waals surface area contributed by atoms with Crippen LogP contribution in [-0.2, 0) is 11.3 Å². The van der Waals surface area contributed by atoms with Gasteiger partial charge < -0.3 is 24.9 Å². The van der Waals surface area contributed by atoms with Gasteiger partial charge in [0.25, 0.3) is 5.91 Å². The average Bonchev–Trinajstić information content (AvgIpc) is 3.37. The third-order valence-electron chi connectivity index (χ3n) is 4.51. The van der Waals surface area contributed by atoms with Crippen molar-refractivity contribution in [1.29, 1.82) is 0 Å². The van der Waals surface area contributed by atoms with E-state index in [1.807, 2.05) is 35.0 Å². The molecule has 146 valence electrons. The second-order valence-corrected chi connectivity index (χ2v) is 6.52. The van der Waals surface area contributed by atoms with Crippen LogP contribution >= 0.6 is 0 Å². The molecule has 1 aliphatic heterocycles. The molecule has 10 heteroatoms. The van der Waals surface area contributed by atoms with Gasteiger partial charge in [0, 0.05) is 30.4 Å². The lowest BCUT2D eigenvalue weighted by molar-refractivity contribution is -0.118. The number of nitrogens with one attached hydrogen (secondary N) is 2. The average molecular weight is 391 g/mol. The first kappa shape index (κ1) is 17.2. The minimum Gasteiger partial charge on any atom is -0.482 e. The first-order chi connectivity index (χ1) is 14.2. The molecule has 1 aliphatic rings. The molecule has 0 bridgehead atoms. The normalized spacial score (nSPS) is 13.1. The largest absolute Gasteiger partial charge is 0.482 e. The van der Waals surface area contributed by atoms with Crippen LogP contribution in [0, 0.1) is 0 Å². The molecule has 0 unspecified atom stereocenters. The van der Waals surface area contributed by atoms with Crippen LogP contribution in [0.5, 0.6) is 5.75 Å². The van der Waals surface area contributed by atoms with Crippen molar-refractivity contribution in [1.82, 2.24) is 24.1 Å². The summed E-state index contributed by atoms with van der Waals surface area (Å²) >= 11 is 0. The molecule has 3 aromatic heterocycles. The number of anilines is 3. The van der Waals surface area contributed by atoms with Crippen LogP contribution < -0.4 is 15.4 Å². The number of imidazole rings is 1. The van der Waals surface area contributed by atoms with E-state index in [1.165, 1.54) is 0 Å². The summed E-state index contributed by atoms with van der Waals surface area (Å²) in [6.45, 7) is 0.443. The third kappa shape index (κ3) is 3.25. The first-order valence-electron chi connectivity index (χ1n) is 9.01. The number of aliphatic hydroxyl groups is 1. The van der Waals surface area contributed by atoms with Gasteiger partial charge in [0.1, 0.15) is 5.75 Å². The van der Waals surface area contributed by atoms with E-state index in [4.69, 9.17) is 14.8 Å². The molecule has 0 fully saturated rings. The number of fused-ring (bicyclic) bond motifs is 2. The monoisotopic (exact) mass is 391 g/mol. The van der Waals surface area contributed by atoms with E-state index >= 15 is 0 Å². The van der Waals surface area contributed by atoms with Gasteiger partial charge in [-0.25, -0.2) is 9.97 Å². The minimum atomic E-state index is -0.185. The molecule has 29 heavy (non-hydrogen) atoms. The molecule has 10 nitrogen and oxygen atoms in total. The molecule has 4 aromatic rings. The number of nitrogens with zero attached hydrogens (tertiary/aromatic N) is 5. The van der Waals surface area contributed by atoms with E-state index < -0.39 is 0 Å². The van der Waals surface area contributed by atoms with Gasteiger partial charge in [-0.05, 0) is 18.2 Å². The van der Waals surface area contributed by atoms with Crippen LogP contribution in [0.3, 0.4) is 0 Å². The number of benzene rings is 1. The van der Waals surface area contributed by atoms with Crippen LogP contribution in [0.15, 0.2) is 49.2 Å². The summed E-state index contributed by atoms with van der Waals surface area (Å²) in [6.07, 6.45) is 8.85. The molecule has 0 radical (unpaired) electrons. The van der Waals surface area contributed by atoms with Gasteiger partial charge in [0.05, 0.1) is 36.4 Å². The lowest BCUT2D eigenvalue weighted by atomic mass is 10.1. The van der Waals surface area contributed by atoms with Gasteiger partial charge in [-0.15, -0.1) is 0 Å². The van der Waals surface area contributed by atoms with Crippen LogP contribution in [0.1, 0.15) is 0 Å². The summed E-state index contributed by atoms with van der Waals surface area (Å²) in [5.41, 5.74) is 3.54. The van der Waals surface area contributed by atoms with Crippen LogP contribution in [0.25, 0.3) is 16.9 Å². The number of hydrogen-bond acceptors (Lipinski definition) is 7. The van der Waals surface area contributed by atoms with Gasteiger partial charge in [0.2, 0.25) is 0 Å². The zero-order valence-electron chi connectivity index (χ0n) is 15.2. The molecule has 0 saturated carbocycles. The van der Waals surface area contributed by atoms with Crippen molar-refractivity contribution in [3.05, 3.63) is 49.2 Å². The summed E-state index contributed by atoms with van der Waals surface area (Å²) in [7, 11) is 0. The van der Waals surface area contributed by atoms with Crippen molar-refractivity contribution in [2.75, 3.05) is 23.8 Å². The van der Waals surface area contributed by atoms with E-state index in [9.17, 15) is 4.79 Å². The molecule has 0 spiro atoms. The Labute approximate surface area is 164 Å². The minimum absolute atomic E-state index is 0.0118. The Morgan fingerprint density at radius 2 is 2.24 bits per heavy atom. The number of rotatable bonds is 5. The zero-order chi connectivity index (χ0) is 19.8. The van der Waals surface area contributed by atoms with Gasteiger partial charge >= 0.3 is 0 Å². The van der Waals surface area contributed by atoms with E-state index in [2.05, 4.69) is 20.7 Å². The highest BCUT2D eigenvalue weighted by Gasteiger charge is 2.17. The Balaban J connectivity index is 1.53. The Bertz CT molecular complexity index is 1210. The molecule has 0 saturated heterocycles.